The Morgan fingerprint density at radius 2 is 2.00 bits per heavy atom. The normalized spacial score (nSPS) is 13.7. The summed E-state index contributed by atoms with van der Waals surface area (Å²) < 4.78 is 13.8. The Labute approximate surface area is 133 Å². The molecule has 6 heteroatoms. The summed E-state index contributed by atoms with van der Waals surface area (Å²) in [5.74, 6) is 6.22. The molecule has 6 nitrogen and oxygen atoms in total. The lowest BCUT2D eigenvalue weighted by atomic mass is 10.0. The second kappa shape index (κ2) is 6.23. The summed E-state index contributed by atoms with van der Waals surface area (Å²) in [5, 5.41) is 10.5. The van der Waals surface area contributed by atoms with Crippen LogP contribution in [0, 0.1) is 11.8 Å². The third-order valence-corrected chi connectivity index (χ3v) is 3.84. The first-order valence-electron chi connectivity index (χ1n) is 7.39. The van der Waals surface area contributed by atoms with Crippen LogP contribution in [0.25, 0.3) is 11.1 Å². The topological polar surface area (TPSA) is 65.6 Å². The molecule has 0 spiro atoms. The van der Waals surface area contributed by atoms with E-state index in [1.54, 1.807) is 23.7 Å². The predicted molar refractivity (Wildman–Crippen MR) is 85.7 cm³/mol. The van der Waals surface area contributed by atoms with E-state index in [1.165, 1.54) is 11.8 Å². The first-order valence-corrected chi connectivity index (χ1v) is 7.39. The van der Waals surface area contributed by atoms with Gasteiger partial charge in [-0.05, 0) is 25.1 Å². The van der Waals surface area contributed by atoms with Crippen LogP contribution in [0.5, 0.6) is 11.6 Å². The Hall–Kier alpha value is -2.65. The smallest absolute Gasteiger partial charge is 0.278 e. The van der Waals surface area contributed by atoms with E-state index < -0.39 is 0 Å². The van der Waals surface area contributed by atoms with Crippen molar-refractivity contribution < 1.29 is 14.6 Å². The van der Waals surface area contributed by atoms with E-state index in [9.17, 15) is 9.90 Å². The number of aromatic nitrogens is 2. The SMILES string of the molecule is CC#Cc1ccc(-c2c(O)n3n(c2=O)CCOCC3)c(OC)c1. The van der Waals surface area contributed by atoms with E-state index in [-0.39, 0.29) is 17.0 Å². The molecule has 2 heterocycles. The molecule has 0 saturated carbocycles. The van der Waals surface area contributed by atoms with Crippen LogP contribution in [0.2, 0.25) is 0 Å². The summed E-state index contributed by atoms with van der Waals surface area (Å²) in [4.78, 5) is 12.7. The van der Waals surface area contributed by atoms with Crippen LogP contribution >= 0.6 is 0 Å². The number of nitrogens with zero attached hydrogens (tertiary/aromatic N) is 2. The molecule has 0 amide bonds. The Morgan fingerprint density at radius 1 is 1.26 bits per heavy atom. The number of aromatic hydroxyl groups is 1. The predicted octanol–water partition coefficient (Wildman–Crippen LogP) is 1.43. The van der Waals surface area contributed by atoms with Crippen LogP contribution in [0.15, 0.2) is 23.0 Å². The van der Waals surface area contributed by atoms with Crippen molar-refractivity contribution in [3.63, 3.8) is 0 Å². The molecule has 0 bridgehead atoms. The Bertz CT molecular complexity index is 852. The zero-order valence-electron chi connectivity index (χ0n) is 13.1. The lowest BCUT2D eigenvalue weighted by Crippen LogP contribution is -2.23. The van der Waals surface area contributed by atoms with Crippen LogP contribution in [-0.2, 0) is 17.8 Å². The van der Waals surface area contributed by atoms with E-state index in [1.807, 2.05) is 6.07 Å². The molecule has 3 rings (SSSR count). The molecule has 0 atom stereocenters. The minimum absolute atomic E-state index is 0.0619. The highest BCUT2D eigenvalue weighted by Gasteiger charge is 2.24. The van der Waals surface area contributed by atoms with Gasteiger partial charge in [-0.2, -0.15) is 0 Å². The first kappa shape index (κ1) is 15.3. The molecule has 0 radical (unpaired) electrons. The van der Waals surface area contributed by atoms with Crippen LogP contribution in [0.1, 0.15) is 12.5 Å². The molecule has 23 heavy (non-hydrogen) atoms. The van der Waals surface area contributed by atoms with Crippen molar-refractivity contribution in [1.82, 2.24) is 9.36 Å². The second-order valence-electron chi connectivity index (χ2n) is 5.15. The molecule has 1 N–H and O–H groups in total. The minimum atomic E-state index is -0.249. The Kier molecular flexibility index (Phi) is 4.13. The summed E-state index contributed by atoms with van der Waals surface area (Å²) in [5.41, 5.74) is 1.35. The maximum atomic E-state index is 12.7. The largest absolute Gasteiger partial charge is 0.496 e. The fourth-order valence-corrected chi connectivity index (χ4v) is 2.79. The number of ether oxygens (including phenoxy) is 2. The second-order valence-corrected chi connectivity index (χ2v) is 5.15. The minimum Gasteiger partial charge on any atom is -0.496 e. The molecule has 1 aromatic heterocycles. The van der Waals surface area contributed by atoms with Crippen molar-refractivity contribution in [2.24, 2.45) is 0 Å². The Morgan fingerprint density at radius 3 is 2.70 bits per heavy atom. The summed E-state index contributed by atoms with van der Waals surface area (Å²) in [6.45, 7) is 3.51. The molecule has 2 aromatic rings. The lowest BCUT2D eigenvalue weighted by Gasteiger charge is -2.08. The van der Waals surface area contributed by atoms with Crippen LogP contribution < -0.4 is 10.3 Å². The average molecular weight is 314 g/mol. The van der Waals surface area contributed by atoms with Gasteiger partial charge in [-0.25, -0.2) is 9.36 Å². The quantitative estimate of drug-likeness (QED) is 0.852. The molecular formula is C17H18N2O4. The number of hydrogen-bond acceptors (Lipinski definition) is 4. The van der Waals surface area contributed by atoms with Gasteiger partial charge >= 0.3 is 0 Å². The molecular weight excluding hydrogens is 296 g/mol. The highest BCUT2D eigenvalue weighted by Crippen LogP contribution is 2.34. The van der Waals surface area contributed by atoms with Crippen molar-refractivity contribution in [2.45, 2.75) is 20.0 Å². The highest BCUT2D eigenvalue weighted by atomic mass is 16.5. The summed E-state index contributed by atoms with van der Waals surface area (Å²) >= 11 is 0. The number of fused-ring (bicyclic) bond motifs is 1. The fourth-order valence-electron chi connectivity index (χ4n) is 2.79. The molecule has 1 aliphatic heterocycles. The highest BCUT2D eigenvalue weighted by molar-refractivity contribution is 5.75. The molecule has 0 aliphatic carbocycles. The van der Waals surface area contributed by atoms with Crippen LogP contribution in [-0.4, -0.2) is 34.8 Å². The maximum absolute atomic E-state index is 12.7. The molecule has 1 aliphatic rings. The van der Waals surface area contributed by atoms with E-state index in [4.69, 9.17) is 9.47 Å². The van der Waals surface area contributed by atoms with Gasteiger partial charge in [-0.15, -0.1) is 5.92 Å². The van der Waals surface area contributed by atoms with E-state index in [0.29, 0.717) is 37.6 Å². The zero-order chi connectivity index (χ0) is 16.4. The summed E-state index contributed by atoms with van der Waals surface area (Å²) in [7, 11) is 1.53. The number of methoxy groups -OCH3 is 1. The van der Waals surface area contributed by atoms with Crippen LogP contribution in [0.4, 0.5) is 0 Å². The molecule has 0 fully saturated rings. The first-order chi connectivity index (χ1) is 11.2. The monoisotopic (exact) mass is 314 g/mol. The van der Waals surface area contributed by atoms with Crippen LogP contribution in [0.3, 0.4) is 0 Å². The van der Waals surface area contributed by atoms with Crippen molar-refractivity contribution in [3.05, 3.63) is 34.1 Å². The molecule has 1 aromatic carbocycles. The maximum Gasteiger partial charge on any atom is 0.278 e. The zero-order valence-corrected chi connectivity index (χ0v) is 13.1. The number of rotatable bonds is 2. The summed E-state index contributed by atoms with van der Waals surface area (Å²) in [6.07, 6.45) is 0. The van der Waals surface area contributed by atoms with Gasteiger partial charge in [0.25, 0.3) is 5.56 Å². The molecule has 0 saturated heterocycles. The van der Waals surface area contributed by atoms with Gasteiger partial charge in [0.15, 0.2) is 0 Å². The van der Waals surface area contributed by atoms with Crippen molar-refractivity contribution >= 4 is 0 Å². The van der Waals surface area contributed by atoms with Gasteiger partial charge < -0.3 is 14.6 Å². The van der Waals surface area contributed by atoms with E-state index in [2.05, 4.69) is 11.8 Å². The van der Waals surface area contributed by atoms with Crippen molar-refractivity contribution in [1.29, 1.82) is 0 Å². The standard InChI is InChI=1S/C17H18N2O4/c1-3-4-12-5-6-13(14(11-12)22-2)15-16(20)18-7-9-23-10-8-19(18)17(15)21/h5-6,11,20H,7-10H2,1-2H3. The Balaban J connectivity index is 2.19. The van der Waals surface area contributed by atoms with Gasteiger partial charge in [0.2, 0.25) is 5.88 Å². The third kappa shape index (κ3) is 2.60. The van der Waals surface area contributed by atoms with Gasteiger partial charge in [-0.3, -0.25) is 4.79 Å². The fraction of sp³-hybridized carbons (Fsp3) is 0.353. The lowest BCUT2D eigenvalue weighted by molar-refractivity contribution is 0.137. The third-order valence-electron chi connectivity index (χ3n) is 3.84. The van der Waals surface area contributed by atoms with Gasteiger partial charge in [0.1, 0.15) is 11.3 Å². The molecule has 120 valence electrons. The average Bonchev–Trinajstić information content (AvgIpc) is 2.75. The van der Waals surface area contributed by atoms with E-state index >= 15 is 0 Å². The van der Waals surface area contributed by atoms with Crippen molar-refractivity contribution in [3.8, 4) is 34.6 Å². The molecule has 0 unspecified atom stereocenters. The number of hydrogen-bond donors (Lipinski definition) is 1. The van der Waals surface area contributed by atoms with Gasteiger partial charge in [0, 0.05) is 11.1 Å². The van der Waals surface area contributed by atoms with Gasteiger partial charge in [0.05, 0.1) is 33.4 Å². The summed E-state index contributed by atoms with van der Waals surface area (Å²) in [6, 6.07) is 5.33. The number of benzene rings is 1. The van der Waals surface area contributed by atoms with E-state index in [0.717, 1.165) is 5.56 Å². The van der Waals surface area contributed by atoms with Gasteiger partial charge in [-0.1, -0.05) is 5.92 Å². The van der Waals surface area contributed by atoms with Crippen molar-refractivity contribution in [2.75, 3.05) is 20.3 Å².